The Labute approximate surface area is 185 Å². The number of carbonyl (C=O) groups excluding carboxylic acids is 3. The van der Waals surface area contributed by atoms with E-state index in [9.17, 15) is 22.8 Å². The summed E-state index contributed by atoms with van der Waals surface area (Å²) in [7, 11) is -3.72. The Hall–Kier alpha value is -2.50. The number of hydrogen-bond acceptors (Lipinski definition) is 7. The van der Waals surface area contributed by atoms with Gasteiger partial charge in [0.15, 0.2) is 6.61 Å². The molecule has 2 amide bonds. The average molecular weight is 471 g/mol. The molecule has 1 fully saturated rings. The largest absolute Gasteiger partial charge is 0.451 e. The van der Waals surface area contributed by atoms with Gasteiger partial charge < -0.3 is 10.1 Å². The molecule has 12 heteroatoms. The predicted octanol–water partition coefficient (Wildman–Crippen LogP) is 1.65. The van der Waals surface area contributed by atoms with Gasteiger partial charge in [-0.1, -0.05) is 24.4 Å². The van der Waals surface area contributed by atoms with Gasteiger partial charge in [-0.15, -0.1) is 0 Å². The first-order valence-corrected chi connectivity index (χ1v) is 11.7. The van der Waals surface area contributed by atoms with Gasteiger partial charge in [0, 0.05) is 25.9 Å². The highest BCUT2D eigenvalue weighted by Gasteiger charge is 2.26. The van der Waals surface area contributed by atoms with Crippen LogP contribution in [0.2, 0.25) is 5.02 Å². The summed E-state index contributed by atoms with van der Waals surface area (Å²) in [4.78, 5) is 35.2. The highest BCUT2D eigenvalue weighted by atomic mass is 35.5. The molecule has 0 atom stereocenters. The van der Waals surface area contributed by atoms with E-state index in [-0.39, 0.29) is 40.1 Å². The highest BCUT2D eigenvalue weighted by Crippen LogP contribution is 2.28. The van der Waals surface area contributed by atoms with Crippen molar-refractivity contribution in [3.8, 4) is 0 Å². The minimum atomic E-state index is -3.72. The van der Waals surface area contributed by atoms with Crippen LogP contribution in [0.5, 0.6) is 0 Å². The zero-order valence-electron chi connectivity index (χ0n) is 16.7. The van der Waals surface area contributed by atoms with E-state index in [2.05, 4.69) is 15.8 Å². The van der Waals surface area contributed by atoms with Crippen LogP contribution in [0, 0.1) is 0 Å². The lowest BCUT2D eigenvalue weighted by atomic mass is 10.2. The van der Waals surface area contributed by atoms with Crippen LogP contribution in [0.15, 0.2) is 28.2 Å². The lowest BCUT2D eigenvalue weighted by molar-refractivity contribution is -0.140. The maximum Gasteiger partial charge on any atom is 0.355 e. The fourth-order valence-electron chi connectivity index (χ4n) is 3.21. The van der Waals surface area contributed by atoms with Crippen molar-refractivity contribution in [2.75, 3.05) is 25.0 Å². The number of halogens is 1. The molecule has 31 heavy (non-hydrogen) atoms. The highest BCUT2D eigenvalue weighted by molar-refractivity contribution is 7.89. The molecule has 1 aromatic rings. The molecule has 0 aromatic heterocycles. The van der Waals surface area contributed by atoms with Crippen LogP contribution in [0.4, 0.5) is 5.69 Å². The normalized spacial score (nSPS) is 17.8. The molecule has 0 aliphatic carbocycles. The monoisotopic (exact) mass is 470 g/mol. The summed E-state index contributed by atoms with van der Waals surface area (Å²) < 4.78 is 32.3. The molecule has 0 spiro atoms. The van der Waals surface area contributed by atoms with Crippen LogP contribution in [0.1, 0.15) is 38.5 Å². The molecule has 0 radical (unpaired) electrons. The fourth-order valence-corrected chi connectivity index (χ4v) is 4.92. The smallest absolute Gasteiger partial charge is 0.355 e. The fraction of sp³-hybridized carbons (Fsp3) is 0.474. The van der Waals surface area contributed by atoms with E-state index in [0.717, 1.165) is 25.7 Å². The molecule has 10 nitrogen and oxygen atoms in total. The number of esters is 1. The van der Waals surface area contributed by atoms with Crippen molar-refractivity contribution in [1.29, 1.82) is 0 Å². The molecule has 2 aliphatic heterocycles. The number of nitrogens with one attached hydrogen (secondary N) is 2. The van der Waals surface area contributed by atoms with E-state index in [1.54, 1.807) is 0 Å². The molecular weight excluding hydrogens is 448 g/mol. The molecule has 2 heterocycles. The van der Waals surface area contributed by atoms with Gasteiger partial charge in [0.1, 0.15) is 5.71 Å². The van der Waals surface area contributed by atoms with Crippen molar-refractivity contribution >= 4 is 50.8 Å². The standard InChI is InChI=1S/C19H23ClN4O6S/c20-14-6-5-13(31(28,29)24-9-3-1-2-4-10-24)11-16(14)21-18(26)12-30-19(27)15-7-8-17(25)23-22-15/h5-6,11H,1-4,7-10,12H2,(H,21,26)(H,23,25). The Morgan fingerprint density at radius 2 is 1.87 bits per heavy atom. The number of amides is 2. The van der Waals surface area contributed by atoms with Crippen LogP contribution in [0.25, 0.3) is 0 Å². The molecule has 1 aromatic carbocycles. The summed E-state index contributed by atoms with van der Waals surface area (Å²) in [5.41, 5.74) is 2.28. The van der Waals surface area contributed by atoms with Crippen molar-refractivity contribution in [1.82, 2.24) is 9.73 Å². The number of sulfonamides is 1. The number of rotatable bonds is 6. The van der Waals surface area contributed by atoms with Gasteiger partial charge in [-0.3, -0.25) is 9.59 Å². The second kappa shape index (κ2) is 10.2. The number of benzene rings is 1. The van der Waals surface area contributed by atoms with Crippen LogP contribution < -0.4 is 10.7 Å². The first-order chi connectivity index (χ1) is 14.8. The minimum Gasteiger partial charge on any atom is -0.451 e. The van der Waals surface area contributed by atoms with E-state index in [4.69, 9.17) is 16.3 Å². The summed E-state index contributed by atoms with van der Waals surface area (Å²) in [6.07, 6.45) is 3.81. The minimum absolute atomic E-state index is 0.0102. The first kappa shape index (κ1) is 23.2. The molecule has 168 valence electrons. The predicted molar refractivity (Wildman–Crippen MR) is 113 cm³/mol. The summed E-state index contributed by atoms with van der Waals surface area (Å²) in [5, 5.41) is 6.20. The van der Waals surface area contributed by atoms with Gasteiger partial charge in [-0.25, -0.2) is 18.6 Å². The zero-order valence-corrected chi connectivity index (χ0v) is 18.3. The van der Waals surface area contributed by atoms with E-state index < -0.39 is 28.5 Å². The lowest BCUT2D eigenvalue weighted by Gasteiger charge is -2.20. The Bertz CT molecular complexity index is 1000. The number of hydrazone groups is 1. The van der Waals surface area contributed by atoms with E-state index in [0.29, 0.717) is 13.1 Å². The summed E-state index contributed by atoms with van der Waals surface area (Å²) in [6.45, 7) is 0.283. The van der Waals surface area contributed by atoms with Crippen LogP contribution in [0.3, 0.4) is 0 Å². The number of ether oxygens (including phenoxy) is 1. The van der Waals surface area contributed by atoms with Crippen molar-refractivity contribution in [3.05, 3.63) is 23.2 Å². The third kappa shape index (κ3) is 6.02. The summed E-state index contributed by atoms with van der Waals surface area (Å²) >= 11 is 6.11. The lowest BCUT2D eigenvalue weighted by Crippen LogP contribution is -2.32. The molecule has 1 saturated heterocycles. The summed E-state index contributed by atoms with van der Waals surface area (Å²) in [6, 6.07) is 4.09. The third-order valence-electron chi connectivity index (χ3n) is 4.89. The zero-order chi connectivity index (χ0) is 22.4. The number of anilines is 1. The number of nitrogens with zero attached hydrogens (tertiary/aromatic N) is 2. The Kier molecular flexibility index (Phi) is 7.63. The topological polar surface area (TPSA) is 134 Å². The van der Waals surface area contributed by atoms with Gasteiger partial charge in [0.25, 0.3) is 5.91 Å². The quantitative estimate of drug-likeness (QED) is 0.607. The third-order valence-corrected chi connectivity index (χ3v) is 7.11. The Morgan fingerprint density at radius 1 is 1.16 bits per heavy atom. The Morgan fingerprint density at radius 3 is 2.52 bits per heavy atom. The van der Waals surface area contributed by atoms with Crippen molar-refractivity contribution < 1.29 is 27.5 Å². The van der Waals surface area contributed by atoms with Crippen molar-refractivity contribution in [2.24, 2.45) is 5.10 Å². The van der Waals surface area contributed by atoms with E-state index in [1.807, 2.05) is 0 Å². The SMILES string of the molecule is O=C1CCC(C(=O)OCC(=O)Nc2cc(S(=O)(=O)N3CCCCCC3)ccc2Cl)=NN1. The second-order valence-corrected chi connectivity index (χ2v) is 9.52. The average Bonchev–Trinajstić information content (AvgIpc) is 3.04. The van der Waals surface area contributed by atoms with Crippen molar-refractivity contribution in [2.45, 2.75) is 43.4 Å². The maximum absolute atomic E-state index is 13.0. The maximum atomic E-state index is 13.0. The van der Waals surface area contributed by atoms with E-state index >= 15 is 0 Å². The van der Waals surface area contributed by atoms with Gasteiger partial charge in [-0.05, 0) is 31.0 Å². The second-order valence-electron chi connectivity index (χ2n) is 7.18. The molecular formula is C19H23ClN4O6S. The van der Waals surface area contributed by atoms with Gasteiger partial charge in [0.2, 0.25) is 15.9 Å². The molecule has 0 unspecified atom stereocenters. The van der Waals surface area contributed by atoms with Crippen molar-refractivity contribution in [3.63, 3.8) is 0 Å². The molecule has 0 bridgehead atoms. The van der Waals surface area contributed by atoms with Crippen LogP contribution >= 0.6 is 11.6 Å². The molecule has 2 N–H and O–H groups in total. The van der Waals surface area contributed by atoms with Crippen LogP contribution in [-0.4, -0.2) is 55.9 Å². The van der Waals surface area contributed by atoms with Gasteiger partial charge in [-0.2, -0.15) is 9.41 Å². The first-order valence-electron chi connectivity index (χ1n) is 9.89. The van der Waals surface area contributed by atoms with E-state index in [1.165, 1.54) is 22.5 Å². The molecule has 0 saturated carbocycles. The van der Waals surface area contributed by atoms with Crippen LogP contribution in [-0.2, 0) is 29.1 Å². The Balaban J connectivity index is 1.64. The number of hydrogen-bond donors (Lipinski definition) is 2. The van der Waals surface area contributed by atoms with Gasteiger partial charge >= 0.3 is 5.97 Å². The van der Waals surface area contributed by atoms with Gasteiger partial charge in [0.05, 0.1) is 15.6 Å². The molecule has 2 aliphatic rings. The number of carbonyl (C=O) groups is 3. The molecule has 3 rings (SSSR count). The summed E-state index contributed by atoms with van der Waals surface area (Å²) in [5.74, 6) is -1.82.